The first kappa shape index (κ1) is 24.8. The molecule has 0 bridgehead atoms. The van der Waals surface area contributed by atoms with Crippen molar-refractivity contribution in [2.24, 2.45) is 10.9 Å². The van der Waals surface area contributed by atoms with Gasteiger partial charge in [0.15, 0.2) is 5.96 Å². The van der Waals surface area contributed by atoms with Crippen molar-refractivity contribution >= 4 is 35.9 Å². The number of guanidine groups is 1. The van der Waals surface area contributed by atoms with Crippen LogP contribution in [0, 0.1) is 11.7 Å². The summed E-state index contributed by atoms with van der Waals surface area (Å²) in [5.41, 5.74) is 0.946. The van der Waals surface area contributed by atoms with Crippen molar-refractivity contribution in [1.82, 2.24) is 15.2 Å². The van der Waals surface area contributed by atoms with Crippen molar-refractivity contribution in [2.45, 2.75) is 26.3 Å². The number of nitrogens with one attached hydrogen (secondary N) is 1. The second-order valence-electron chi connectivity index (χ2n) is 7.00. The van der Waals surface area contributed by atoms with Crippen molar-refractivity contribution in [2.75, 3.05) is 26.7 Å². The number of halogens is 2. The maximum Gasteiger partial charge on any atom is 0.310 e. The van der Waals surface area contributed by atoms with Gasteiger partial charge >= 0.3 is 5.97 Å². The zero-order valence-corrected chi connectivity index (χ0v) is 20.0. The fraction of sp³-hybridized carbons (Fsp3) is 0.409. The number of carbonyl (C=O) groups is 1. The zero-order chi connectivity index (χ0) is 21.3. The van der Waals surface area contributed by atoms with Gasteiger partial charge in [-0.25, -0.2) is 9.37 Å². The van der Waals surface area contributed by atoms with Crippen molar-refractivity contribution in [3.05, 3.63) is 54.0 Å². The Bertz CT molecular complexity index is 879. The van der Waals surface area contributed by atoms with E-state index in [0.29, 0.717) is 31.3 Å². The number of hydrogen-bond donors (Lipinski definition) is 1. The minimum absolute atomic E-state index is 0. The smallest absolute Gasteiger partial charge is 0.310 e. The summed E-state index contributed by atoms with van der Waals surface area (Å²) in [4.78, 5) is 22.8. The van der Waals surface area contributed by atoms with Crippen molar-refractivity contribution in [3.8, 4) is 11.6 Å². The van der Waals surface area contributed by atoms with Crippen molar-refractivity contribution in [3.63, 3.8) is 0 Å². The van der Waals surface area contributed by atoms with Gasteiger partial charge in [0.25, 0.3) is 0 Å². The van der Waals surface area contributed by atoms with Gasteiger partial charge in [0, 0.05) is 45.0 Å². The Morgan fingerprint density at radius 2 is 2.19 bits per heavy atom. The number of benzene rings is 1. The highest BCUT2D eigenvalue weighted by Gasteiger charge is 2.28. The normalized spacial score (nSPS) is 16.3. The minimum atomic E-state index is -0.359. The van der Waals surface area contributed by atoms with Crippen LogP contribution in [-0.4, -0.2) is 48.6 Å². The molecule has 0 amide bonds. The fourth-order valence-corrected chi connectivity index (χ4v) is 3.36. The summed E-state index contributed by atoms with van der Waals surface area (Å²) < 4.78 is 24.0. The van der Waals surface area contributed by atoms with Crippen LogP contribution in [0.3, 0.4) is 0 Å². The molecule has 168 valence electrons. The van der Waals surface area contributed by atoms with E-state index in [1.165, 1.54) is 12.1 Å². The fourth-order valence-electron chi connectivity index (χ4n) is 3.36. The standard InChI is InChI=1S/C22H27FN4O3.HI/c1-3-29-21(28)17-6-5-11-27(15-17)22(24-2)26-14-16-9-10-20(25-13-16)30-19-8-4-7-18(23)12-19;/h4,7-10,12-13,17H,3,5-6,11,14-15H2,1-2H3,(H,24,26);1H. The molecule has 0 radical (unpaired) electrons. The molecule has 1 saturated heterocycles. The third kappa shape index (κ3) is 7.34. The molecule has 0 spiro atoms. The third-order valence-corrected chi connectivity index (χ3v) is 4.82. The molecule has 1 unspecified atom stereocenters. The molecule has 1 aromatic carbocycles. The van der Waals surface area contributed by atoms with Crippen LogP contribution in [0.4, 0.5) is 4.39 Å². The van der Waals surface area contributed by atoms with E-state index in [9.17, 15) is 9.18 Å². The number of aliphatic imine (C=N–C) groups is 1. The maximum atomic E-state index is 13.3. The van der Waals surface area contributed by atoms with Gasteiger partial charge < -0.3 is 19.7 Å². The van der Waals surface area contributed by atoms with Crippen LogP contribution in [0.1, 0.15) is 25.3 Å². The van der Waals surface area contributed by atoms with E-state index in [-0.39, 0.29) is 41.7 Å². The van der Waals surface area contributed by atoms with E-state index in [1.807, 2.05) is 13.0 Å². The van der Waals surface area contributed by atoms with Gasteiger partial charge in [0.2, 0.25) is 5.88 Å². The van der Waals surface area contributed by atoms with Gasteiger partial charge in [-0.2, -0.15) is 0 Å². The zero-order valence-electron chi connectivity index (χ0n) is 17.7. The van der Waals surface area contributed by atoms with Gasteiger partial charge in [-0.15, -0.1) is 24.0 Å². The number of aromatic nitrogens is 1. The molecular formula is C22H28FIN4O3. The Kier molecular flexibility index (Phi) is 9.96. The second-order valence-corrected chi connectivity index (χ2v) is 7.00. The molecule has 1 aromatic heterocycles. The number of rotatable bonds is 6. The highest BCUT2D eigenvalue weighted by atomic mass is 127. The number of pyridine rings is 1. The Morgan fingerprint density at radius 3 is 2.87 bits per heavy atom. The molecule has 0 aliphatic carbocycles. The van der Waals surface area contributed by atoms with Crippen LogP contribution >= 0.6 is 24.0 Å². The van der Waals surface area contributed by atoms with E-state index in [0.717, 1.165) is 30.9 Å². The molecule has 1 fully saturated rings. The van der Waals surface area contributed by atoms with Crippen LogP contribution in [0.15, 0.2) is 47.6 Å². The SMILES string of the molecule is CCOC(=O)C1CCCN(C(=NC)NCc2ccc(Oc3cccc(F)c3)nc2)C1.I. The van der Waals surface area contributed by atoms with E-state index in [4.69, 9.17) is 9.47 Å². The highest BCUT2D eigenvalue weighted by Crippen LogP contribution is 2.20. The first-order valence-electron chi connectivity index (χ1n) is 10.1. The largest absolute Gasteiger partial charge is 0.466 e. The first-order chi connectivity index (χ1) is 14.6. The number of hydrogen-bond acceptors (Lipinski definition) is 5. The van der Waals surface area contributed by atoms with Crippen molar-refractivity contribution < 1.29 is 18.7 Å². The topological polar surface area (TPSA) is 76.0 Å². The summed E-state index contributed by atoms with van der Waals surface area (Å²) in [6.07, 6.45) is 3.45. The molecule has 2 aromatic rings. The maximum absolute atomic E-state index is 13.3. The Hall–Kier alpha value is -2.43. The molecule has 0 saturated carbocycles. The van der Waals surface area contributed by atoms with Gasteiger partial charge in [-0.3, -0.25) is 9.79 Å². The van der Waals surface area contributed by atoms with E-state index < -0.39 is 0 Å². The molecule has 3 rings (SSSR count). The average Bonchev–Trinajstić information content (AvgIpc) is 2.76. The molecule has 1 aliphatic rings. The molecule has 2 heterocycles. The monoisotopic (exact) mass is 542 g/mol. The van der Waals surface area contributed by atoms with Gasteiger partial charge in [-0.05, 0) is 37.5 Å². The number of esters is 1. The lowest BCUT2D eigenvalue weighted by Crippen LogP contribution is -2.48. The minimum Gasteiger partial charge on any atom is -0.466 e. The molecule has 1 N–H and O–H groups in total. The number of piperidine rings is 1. The third-order valence-electron chi connectivity index (χ3n) is 4.82. The summed E-state index contributed by atoms with van der Waals surface area (Å²) in [7, 11) is 1.73. The summed E-state index contributed by atoms with van der Waals surface area (Å²) >= 11 is 0. The molecule has 9 heteroatoms. The van der Waals surface area contributed by atoms with Gasteiger partial charge in [0.05, 0.1) is 12.5 Å². The summed E-state index contributed by atoms with van der Waals surface area (Å²) in [6, 6.07) is 9.55. The average molecular weight is 542 g/mol. The van der Waals surface area contributed by atoms with E-state index in [1.54, 1.807) is 31.4 Å². The summed E-state index contributed by atoms with van der Waals surface area (Å²) in [5, 5.41) is 3.32. The first-order valence-corrected chi connectivity index (χ1v) is 10.1. The molecule has 31 heavy (non-hydrogen) atoms. The number of carbonyl (C=O) groups excluding carboxylic acids is 1. The Morgan fingerprint density at radius 1 is 1.35 bits per heavy atom. The lowest BCUT2D eigenvalue weighted by Gasteiger charge is -2.33. The van der Waals surface area contributed by atoms with Gasteiger partial charge in [-0.1, -0.05) is 12.1 Å². The lowest BCUT2D eigenvalue weighted by molar-refractivity contribution is -0.149. The van der Waals surface area contributed by atoms with Crippen LogP contribution in [-0.2, 0) is 16.1 Å². The van der Waals surface area contributed by atoms with E-state index in [2.05, 4.69) is 20.2 Å². The van der Waals surface area contributed by atoms with Crippen LogP contribution in [0.25, 0.3) is 0 Å². The molecule has 7 nitrogen and oxygen atoms in total. The van der Waals surface area contributed by atoms with Crippen LogP contribution in [0.5, 0.6) is 11.6 Å². The van der Waals surface area contributed by atoms with E-state index >= 15 is 0 Å². The van der Waals surface area contributed by atoms with Crippen molar-refractivity contribution in [1.29, 1.82) is 0 Å². The number of ether oxygens (including phenoxy) is 2. The van der Waals surface area contributed by atoms with Crippen LogP contribution < -0.4 is 10.1 Å². The molecular weight excluding hydrogens is 514 g/mol. The highest BCUT2D eigenvalue weighted by molar-refractivity contribution is 14.0. The quantitative estimate of drug-likeness (QED) is 0.258. The lowest BCUT2D eigenvalue weighted by atomic mass is 9.98. The number of likely N-dealkylation sites (tertiary alicyclic amines) is 1. The van der Waals surface area contributed by atoms with Gasteiger partial charge in [0.1, 0.15) is 11.6 Å². The summed E-state index contributed by atoms with van der Waals surface area (Å²) in [6.45, 7) is 4.18. The predicted octanol–water partition coefficient (Wildman–Crippen LogP) is 3.98. The number of nitrogens with zero attached hydrogens (tertiary/aromatic N) is 3. The summed E-state index contributed by atoms with van der Waals surface area (Å²) in [5.74, 6) is 0.901. The molecule has 1 atom stereocenters. The predicted molar refractivity (Wildman–Crippen MR) is 127 cm³/mol. The Labute approximate surface area is 199 Å². The van der Waals surface area contributed by atoms with Crippen LogP contribution in [0.2, 0.25) is 0 Å². The Balaban J connectivity index is 0.00000341. The second kappa shape index (κ2) is 12.4. The molecule has 1 aliphatic heterocycles.